The van der Waals surface area contributed by atoms with Crippen LogP contribution in [-0.4, -0.2) is 34.7 Å². The summed E-state index contributed by atoms with van der Waals surface area (Å²) in [5.41, 5.74) is 0.740. The largest absolute Gasteiger partial charge is 0.458 e. The van der Waals surface area contributed by atoms with Gasteiger partial charge in [-0.25, -0.2) is 9.78 Å². The van der Waals surface area contributed by atoms with E-state index in [0.717, 1.165) is 50.9 Å². The molecule has 2 saturated carbocycles. The molecule has 2 fully saturated rings. The van der Waals surface area contributed by atoms with Gasteiger partial charge >= 0.3 is 5.97 Å². The molecule has 4 aliphatic rings. The number of aromatic nitrogens is 2. The van der Waals surface area contributed by atoms with E-state index in [0.29, 0.717) is 11.7 Å². The zero-order chi connectivity index (χ0) is 16.4. The minimum absolute atomic E-state index is 0.0947. The summed E-state index contributed by atoms with van der Waals surface area (Å²) in [6, 6.07) is 0.488. The highest BCUT2D eigenvalue weighted by molar-refractivity contribution is 5.92. The maximum atomic E-state index is 13.2. The predicted molar refractivity (Wildman–Crippen MR) is 88.6 cm³/mol. The number of anilines is 1. The molecule has 0 amide bonds. The van der Waals surface area contributed by atoms with Crippen molar-refractivity contribution in [2.45, 2.75) is 75.5 Å². The number of fused-ring (bicyclic) bond motifs is 6. The summed E-state index contributed by atoms with van der Waals surface area (Å²) in [6.07, 6.45) is 8.34. The second-order valence-electron chi connectivity index (χ2n) is 7.71. The van der Waals surface area contributed by atoms with Gasteiger partial charge in [-0.2, -0.15) is 0 Å². The van der Waals surface area contributed by atoms with E-state index in [1.54, 1.807) is 4.57 Å². The van der Waals surface area contributed by atoms with E-state index in [4.69, 9.17) is 9.72 Å². The van der Waals surface area contributed by atoms with E-state index in [-0.39, 0.29) is 29.2 Å². The van der Waals surface area contributed by atoms with Crippen molar-refractivity contribution in [1.82, 2.24) is 9.55 Å². The third kappa shape index (κ3) is 1.80. The lowest BCUT2D eigenvalue weighted by Crippen LogP contribution is -2.41. The van der Waals surface area contributed by atoms with Crippen LogP contribution in [-0.2, 0) is 4.74 Å². The molecule has 4 unspecified atom stereocenters. The number of nitrogens with zero attached hydrogens (tertiary/aromatic N) is 3. The SMILES string of the molecule is CN1c2nc3c(c(=O)n2C2CCCCC21)C(=O)OC1CCCCC31. The molecule has 0 bridgehead atoms. The maximum absolute atomic E-state index is 13.2. The van der Waals surface area contributed by atoms with Gasteiger partial charge in [0, 0.05) is 13.0 Å². The number of likely N-dealkylation sites (N-methyl/N-ethyl adjacent to an activating group) is 1. The monoisotopic (exact) mass is 329 g/mol. The first-order valence-electron chi connectivity index (χ1n) is 9.27. The molecule has 3 heterocycles. The molecular weight excluding hydrogens is 306 g/mol. The highest BCUT2D eigenvalue weighted by Crippen LogP contribution is 2.43. The second kappa shape index (κ2) is 5.07. The van der Waals surface area contributed by atoms with Crippen LogP contribution in [0.3, 0.4) is 0 Å². The van der Waals surface area contributed by atoms with Gasteiger partial charge in [0.2, 0.25) is 5.95 Å². The molecule has 0 spiro atoms. The summed E-state index contributed by atoms with van der Waals surface area (Å²) >= 11 is 0. The minimum atomic E-state index is -0.456. The third-order valence-corrected chi connectivity index (χ3v) is 6.48. The summed E-state index contributed by atoms with van der Waals surface area (Å²) in [5, 5.41) is 0. The van der Waals surface area contributed by atoms with Crippen molar-refractivity contribution in [1.29, 1.82) is 0 Å². The van der Waals surface area contributed by atoms with Gasteiger partial charge in [-0.1, -0.05) is 19.3 Å². The molecule has 1 aromatic heterocycles. The summed E-state index contributed by atoms with van der Waals surface area (Å²) in [5.74, 6) is 0.401. The number of rotatable bonds is 0. The van der Waals surface area contributed by atoms with Crippen molar-refractivity contribution >= 4 is 11.9 Å². The molecular formula is C18H23N3O3. The molecule has 5 rings (SSSR count). The van der Waals surface area contributed by atoms with Gasteiger partial charge in [0.15, 0.2) is 0 Å². The standard InChI is InChI=1S/C18H23N3O3/c1-20-11-7-3-4-8-12(11)21-16(22)14-15(19-18(20)21)10-6-2-5-9-13(10)24-17(14)23/h10-13H,2-9H2,1H3. The average molecular weight is 329 g/mol. The first-order valence-corrected chi connectivity index (χ1v) is 9.27. The van der Waals surface area contributed by atoms with Gasteiger partial charge in [-0.3, -0.25) is 9.36 Å². The highest BCUT2D eigenvalue weighted by atomic mass is 16.5. The van der Waals surface area contributed by atoms with Crippen molar-refractivity contribution in [3.8, 4) is 0 Å². The normalized spacial score (nSPS) is 34.0. The maximum Gasteiger partial charge on any atom is 0.345 e. The summed E-state index contributed by atoms with van der Waals surface area (Å²) < 4.78 is 7.40. The average Bonchev–Trinajstić information content (AvgIpc) is 2.88. The van der Waals surface area contributed by atoms with Gasteiger partial charge < -0.3 is 9.64 Å². The van der Waals surface area contributed by atoms with E-state index in [9.17, 15) is 9.59 Å². The number of hydrogen-bond acceptors (Lipinski definition) is 5. The zero-order valence-electron chi connectivity index (χ0n) is 14.0. The van der Waals surface area contributed by atoms with Crippen LogP contribution < -0.4 is 10.5 Å². The fourth-order valence-electron chi connectivity index (χ4n) is 5.29. The molecule has 6 nitrogen and oxygen atoms in total. The summed E-state index contributed by atoms with van der Waals surface area (Å²) in [7, 11) is 2.04. The Morgan fingerprint density at radius 3 is 2.54 bits per heavy atom. The lowest BCUT2D eigenvalue weighted by atomic mass is 9.81. The molecule has 0 N–H and O–H groups in total. The predicted octanol–water partition coefficient (Wildman–Crippen LogP) is 2.37. The molecule has 0 aromatic carbocycles. The van der Waals surface area contributed by atoms with E-state index in [1.165, 1.54) is 6.42 Å². The van der Waals surface area contributed by atoms with Gasteiger partial charge in [0.25, 0.3) is 5.56 Å². The Kier molecular flexibility index (Phi) is 3.06. The minimum Gasteiger partial charge on any atom is -0.458 e. The van der Waals surface area contributed by atoms with Gasteiger partial charge in [0.1, 0.15) is 11.7 Å². The Labute approximate surface area is 140 Å². The molecule has 2 aliphatic carbocycles. The summed E-state index contributed by atoms with van der Waals surface area (Å²) in [6.45, 7) is 0. The van der Waals surface area contributed by atoms with Crippen LogP contribution in [0.5, 0.6) is 0 Å². The first-order chi connectivity index (χ1) is 11.7. The number of esters is 1. The Hall–Kier alpha value is -1.85. The van der Waals surface area contributed by atoms with Crippen LogP contribution >= 0.6 is 0 Å². The number of carbonyl (C=O) groups is 1. The van der Waals surface area contributed by atoms with Crippen LogP contribution in [0.15, 0.2) is 4.79 Å². The molecule has 4 atom stereocenters. The quantitative estimate of drug-likeness (QED) is 0.684. The van der Waals surface area contributed by atoms with Gasteiger partial charge in [0.05, 0.1) is 17.8 Å². The van der Waals surface area contributed by atoms with Crippen LogP contribution in [0.2, 0.25) is 0 Å². The fraction of sp³-hybridized carbons (Fsp3) is 0.722. The van der Waals surface area contributed by atoms with Crippen molar-refractivity contribution in [2.24, 2.45) is 0 Å². The van der Waals surface area contributed by atoms with Gasteiger partial charge in [-0.05, 0) is 32.1 Å². The van der Waals surface area contributed by atoms with Crippen molar-refractivity contribution < 1.29 is 9.53 Å². The third-order valence-electron chi connectivity index (χ3n) is 6.48. The van der Waals surface area contributed by atoms with Crippen LogP contribution in [0.1, 0.15) is 79.4 Å². The van der Waals surface area contributed by atoms with E-state index >= 15 is 0 Å². The smallest absolute Gasteiger partial charge is 0.345 e. The first kappa shape index (κ1) is 14.5. The topological polar surface area (TPSA) is 64.4 Å². The van der Waals surface area contributed by atoms with Crippen LogP contribution in [0.25, 0.3) is 0 Å². The molecule has 128 valence electrons. The Balaban J connectivity index is 1.71. The van der Waals surface area contributed by atoms with Crippen molar-refractivity contribution in [3.05, 3.63) is 21.6 Å². The molecule has 6 heteroatoms. The number of hydrogen-bond donors (Lipinski definition) is 0. The van der Waals surface area contributed by atoms with Gasteiger partial charge in [-0.15, -0.1) is 0 Å². The Morgan fingerprint density at radius 1 is 1.00 bits per heavy atom. The van der Waals surface area contributed by atoms with E-state index in [1.807, 2.05) is 7.05 Å². The van der Waals surface area contributed by atoms with Crippen molar-refractivity contribution in [2.75, 3.05) is 11.9 Å². The molecule has 0 radical (unpaired) electrons. The molecule has 2 aliphatic heterocycles. The lowest BCUT2D eigenvalue weighted by Gasteiger charge is -2.35. The Bertz CT molecular complexity index is 772. The van der Waals surface area contributed by atoms with E-state index in [2.05, 4.69) is 4.90 Å². The Morgan fingerprint density at radius 2 is 1.71 bits per heavy atom. The van der Waals surface area contributed by atoms with Crippen LogP contribution in [0.4, 0.5) is 5.95 Å². The molecule has 24 heavy (non-hydrogen) atoms. The second-order valence-corrected chi connectivity index (χ2v) is 7.71. The summed E-state index contributed by atoms with van der Waals surface area (Å²) in [4.78, 5) is 32.8. The molecule has 0 saturated heterocycles. The number of carbonyl (C=O) groups excluding carboxylic acids is 1. The van der Waals surface area contributed by atoms with E-state index < -0.39 is 5.97 Å². The zero-order valence-corrected chi connectivity index (χ0v) is 14.0. The lowest BCUT2D eigenvalue weighted by molar-refractivity contribution is 0.00634. The fourth-order valence-corrected chi connectivity index (χ4v) is 5.29. The van der Waals surface area contributed by atoms with Crippen molar-refractivity contribution in [3.63, 3.8) is 0 Å². The van der Waals surface area contributed by atoms with Crippen LogP contribution in [0, 0.1) is 0 Å². The molecule has 1 aromatic rings. The highest BCUT2D eigenvalue weighted by Gasteiger charge is 2.46. The number of ether oxygens (including phenoxy) is 1.